The third kappa shape index (κ3) is 2.80. The van der Waals surface area contributed by atoms with E-state index in [1.54, 1.807) is 12.1 Å². The average Bonchev–Trinajstić information content (AvgIpc) is 3.31. The van der Waals surface area contributed by atoms with E-state index >= 15 is 0 Å². The number of amides is 1. The van der Waals surface area contributed by atoms with E-state index in [0.29, 0.717) is 17.2 Å². The summed E-state index contributed by atoms with van der Waals surface area (Å²) in [6, 6.07) is 8.64. The fourth-order valence-corrected chi connectivity index (χ4v) is 4.54. The SMILES string of the molecule is C=CC(=O)N1CC2(CCN(c3nc(-c4ccccc4F)c4ccn(C)c4n3)C2)C1. The van der Waals surface area contributed by atoms with Crippen molar-refractivity contribution in [2.75, 3.05) is 31.1 Å². The third-order valence-corrected chi connectivity index (χ3v) is 6.10. The Morgan fingerprint density at radius 3 is 2.76 bits per heavy atom. The number of halogens is 1. The highest BCUT2D eigenvalue weighted by Gasteiger charge is 2.49. The van der Waals surface area contributed by atoms with E-state index in [2.05, 4.69) is 11.5 Å². The van der Waals surface area contributed by atoms with E-state index in [-0.39, 0.29) is 17.1 Å². The van der Waals surface area contributed by atoms with Gasteiger partial charge >= 0.3 is 0 Å². The van der Waals surface area contributed by atoms with Gasteiger partial charge in [-0.05, 0) is 30.7 Å². The monoisotopic (exact) mass is 391 g/mol. The van der Waals surface area contributed by atoms with Crippen molar-refractivity contribution >= 4 is 22.9 Å². The third-order valence-electron chi connectivity index (χ3n) is 6.10. The summed E-state index contributed by atoms with van der Waals surface area (Å²) in [5.41, 5.74) is 1.96. The number of rotatable bonds is 3. The van der Waals surface area contributed by atoms with Gasteiger partial charge < -0.3 is 14.4 Å². The molecule has 1 spiro atoms. The first-order valence-electron chi connectivity index (χ1n) is 9.74. The number of nitrogens with zero attached hydrogens (tertiary/aromatic N) is 5. The molecule has 148 valence electrons. The number of carbonyl (C=O) groups excluding carboxylic acids is 1. The fourth-order valence-electron chi connectivity index (χ4n) is 4.54. The molecule has 0 bridgehead atoms. The molecule has 0 saturated carbocycles. The molecule has 2 fully saturated rings. The molecule has 29 heavy (non-hydrogen) atoms. The van der Waals surface area contributed by atoms with Crippen LogP contribution in [0.15, 0.2) is 49.2 Å². The van der Waals surface area contributed by atoms with Gasteiger partial charge in [0.1, 0.15) is 11.5 Å². The first kappa shape index (κ1) is 17.8. The fraction of sp³-hybridized carbons (Fsp3) is 0.318. The largest absolute Gasteiger partial charge is 0.340 e. The van der Waals surface area contributed by atoms with E-state index < -0.39 is 0 Å². The molecule has 2 saturated heterocycles. The van der Waals surface area contributed by atoms with E-state index in [1.165, 1.54) is 12.1 Å². The van der Waals surface area contributed by atoms with Gasteiger partial charge in [0.2, 0.25) is 11.9 Å². The Kier molecular flexibility index (Phi) is 3.94. The van der Waals surface area contributed by atoms with Crippen molar-refractivity contribution in [3.63, 3.8) is 0 Å². The van der Waals surface area contributed by atoms with Gasteiger partial charge in [-0.15, -0.1) is 0 Å². The molecule has 5 rings (SSSR count). The van der Waals surface area contributed by atoms with Crippen molar-refractivity contribution in [2.45, 2.75) is 6.42 Å². The van der Waals surface area contributed by atoms with Crippen LogP contribution in [-0.2, 0) is 11.8 Å². The van der Waals surface area contributed by atoms with Crippen molar-refractivity contribution in [1.29, 1.82) is 0 Å². The molecule has 0 N–H and O–H groups in total. The van der Waals surface area contributed by atoms with E-state index in [4.69, 9.17) is 9.97 Å². The number of hydrogen-bond donors (Lipinski definition) is 0. The highest BCUT2D eigenvalue weighted by atomic mass is 19.1. The number of benzene rings is 1. The van der Waals surface area contributed by atoms with Crippen molar-refractivity contribution in [1.82, 2.24) is 19.4 Å². The maximum atomic E-state index is 14.5. The van der Waals surface area contributed by atoms with Gasteiger partial charge in [-0.1, -0.05) is 18.7 Å². The molecule has 2 aromatic heterocycles. The number of hydrogen-bond acceptors (Lipinski definition) is 4. The van der Waals surface area contributed by atoms with Gasteiger partial charge in [0.15, 0.2) is 0 Å². The number of anilines is 1. The van der Waals surface area contributed by atoms with Crippen molar-refractivity contribution in [3.8, 4) is 11.3 Å². The van der Waals surface area contributed by atoms with Crippen LogP contribution in [0.25, 0.3) is 22.3 Å². The van der Waals surface area contributed by atoms with Crippen LogP contribution in [0, 0.1) is 11.2 Å². The molecule has 0 aliphatic carbocycles. The smallest absolute Gasteiger partial charge is 0.245 e. The molecule has 2 aliphatic heterocycles. The second-order valence-electron chi connectivity index (χ2n) is 8.09. The molecule has 0 radical (unpaired) electrons. The highest BCUT2D eigenvalue weighted by molar-refractivity contribution is 5.92. The molecule has 2 aliphatic rings. The summed E-state index contributed by atoms with van der Waals surface area (Å²) in [5.74, 6) is 0.304. The van der Waals surface area contributed by atoms with Crippen LogP contribution in [0.2, 0.25) is 0 Å². The minimum Gasteiger partial charge on any atom is -0.340 e. The Hall–Kier alpha value is -3.22. The zero-order valence-corrected chi connectivity index (χ0v) is 16.3. The summed E-state index contributed by atoms with van der Waals surface area (Å²) >= 11 is 0. The molecule has 0 atom stereocenters. The first-order valence-corrected chi connectivity index (χ1v) is 9.74. The Morgan fingerprint density at radius 1 is 1.21 bits per heavy atom. The van der Waals surface area contributed by atoms with Gasteiger partial charge in [0.05, 0.1) is 5.69 Å². The van der Waals surface area contributed by atoms with Crippen LogP contribution in [-0.4, -0.2) is 51.5 Å². The zero-order chi connectivity index (χ0) is 20.2. The van der Waals surface area contributed by atoms with Crippen LogP contribution in [0.5, 0.6) is 0 Å². The molecular formula is C22H22FN5O. The Morgan fingerprint density at radius 2 is 2.00 bits per heavy atom. The van der Waals surface area contributed by atoms with E-state index in [0.717, 1.165) is 43.6 Å². The molecule has 7 heteroatoms. The van der Waals surface area contributed by atoms with Crippen LogP contribution < -0.4 is 4.90 Å². The van der Waals surface area contributed by atoms with E-state index in [1.807, 2.05) is 34.8 Å². The molecular weight excluding hydrogens is 369 g/mol. The minimum atomic E-state index is -0.294. The number of likely N-dealkylation sites (tertiary alicyclic amines) is 1. The van der Waals surface area contributed by atoms with Crippen molar-refractivity contribution in [3.05, 3.63) is 55.0 Å². The van der Waals surface area contributed by atoms with E-state index in [9.17, 15) is 9.18 Å². The highest BCUT2D eigenvalue weighted by Crippen LogP contribution is 2.41. The van der Waals surface area contributed by atoms with Crippen LogP contribution >= 0.6 is 0 Å². The molecule has 6 nitrogen and oxygen atoms in total. The lowest BCUT2D eigenvalue weighted by Crippen LogP contribution is -2.59. The quantitative estimate of drug-likeness (QED) is 0.644. The standard InChI is InChI=1S/C22H22FN5O/c1-3-18(29)28-13-22(14-28)9-11-27(12-22)21-24-19(15-6-4-5-7-17(15)23)16-8-10-26(2)20(16)25-21/h3-8,10H,1,9,11-14H2,2H3. The first-order chi connectivity index (χ1) is 14.0. The number of aryl methyl sites for hydroxylation is 1. The lowest BCUT2D eigenvalue weighted by atomic mass is 9.79. The second-order valence-corrected chi connectivity index (χ2v) is 8.09. The molecule has 1 aromatic carbocycles. The van der Waals surface area contributed by atoms with Crippen molar-refractivity contribution < 1.29 is 9.18 Å². The number of carbonyl (C=O) groups is 1. The zero-order valence-electron chi connectivity index (χ0n) is 16.3. The summed E-state index contributed by atoms with van der Waals surface area (Å²) in [6.45, 7) is 6.65. The normalized spacial score (nSPS) is 17.7. The summed E-state index contributed by atoms with van der Waals surface area (Å²) < 4.78 is 16.5. The van der Waals surface area contributed by atoms with Gasteiger partial charge in [-0.2, -0.15) is 4.98 Å². The Balaban J connectivity index is 1.51. The molecule has 4 heterocycles. The summed E-state index contributed by atoms with van der Waals surface area (Å²) in [5, 5.41) is 0.835. The summed E-state index contributed by atoms with van der Waals surface area (Å²) in [4.78, 5) is 25.4. The Bertz CT molecular complexity index is 1130. The predicted molar refractivity (Wildman–Crippen MR) is 110 cm³/mol. The lowest BCUT2D eigenvalue weighted by Gasteiger charge is -2.47. The number of fused-ring (bicyclic) bond motifs is 1. The van der Waals surface area contributed by atoms with Gasteiger partial charge in [0.25, 0.3) is 0 Å². The molecule has 0 unspecified atom stereocenters. The minimum absolute atomic E-state index is 0.0163. The van der Waals surface area contributed by atoms with Crippen LogP contribution in [0.4, 0.5) is 10.3 Å². The lowest BCUT2D eigenvalue weighted by molar-refractivity contribution is -0.136. The van der Waals surface area contributed by atoms with Gasteiger partial charge in [-0.25, -0.2) is 9.37 Å². The van der Waals surface area contributed by atoms with Crippen LogP contribution in [0.1, 0.15) is 6.42 Å². The predicted octanol–water partition coefficient (Wildman–Crippen LogP) is 3.00. The van der Waals surface area contributed by atoms with Gasteiger partial charge in [0, 0.05) is 55.8 Å². The molecule has 1 amide bonds. The van der Waals surface area contributed by atoms with Gasteiger partial charge in [-0.3, -0.25) is 4.79 Å². The van der Waals surface area contributed by atoms with Crippen molar-refractivity contribution in [2.24, 2.45) is 12.5 Å². The summed E-state index contributed by atoms with van der Waals surface area (Å²) in [7, 11) is 1.93. The maximum absolute atomic E-state index is 14.5. The Labute approximate surface area is 168 Å². The average molecular weight is 391 g/mol. The molecule has 3 aromatic rings. The summed E-state index contributed by atoms with van der Waals surface area (Å²) in [6.07, 6.45) is 4.27. The van der Waals surface area contributed by atoms with Crippen LogP contribution in [0.3, 0.4) is 0 Å². The second kappa shape index (κ2) is 6.40. The number of aromatic nitrogens is 3. The maximum Gasteiger partial charge on any atom is 0.245 e. The topological polar surface area (TPSA) is 54.3 Å².